The highest BCUT2D eigenvalue weighted by molar-refractivity contribution is 7.98. The second kappa shape index (κ2) is 7.21. The normalized spacial score (nSPS) is 16.5. The van der Waals surface area contributed by atoms with Crippen LogP contribution in [0.1, 0.15) is 45.6 Å². The maximum Gasteiger partial charge on any atom is 0.216 e. The van der Waals surface area contributed by atoms with Gasteiger partial charge < -0.3 is 9.47 Å². The molecular formula is C17H25NO2S. The van der Waals surface area contributed by atoms with E-state index in [9.17, 15) is 0 Å². The zero-order chi connectivity index (χ0) is 15.3. The summed E-state index contributed by atoms with van der Waals surface area (Å²) in [7, 11) is 0. The second-order valence-corrected chi connectivity index (χ2v) is 6.79. The summed E-state index contributed by atoms with van der Waals surface area (Å²) in [4.78, 5) is 5.79. The zero-order valence-corrected chi connectivity index (χ0v) is 14.3. The quantitative estimate of drug-likeness (QED) is 0.547. The van der Waals surface area contributed by atoms with Gasteiger partial charge in [0.05, 0.1) is 12.1 Å². The molecule has 0 bridgehead atoms. The van der Waals surface area contributed by atoms with E-state index in [0.717, 1.165) is 35.1 Å². The first kappa shape index (κ1) is 16.2. The molecule has 0 atom stereocenters. The van der Waals surface area contributed by atoms with Crippen molar-refractivity contribution in [2.24, 2.45) is 4.99 Å². The molecule has 0 unspecified atom stereocenters. The lowest BCUT2D eigenvalue weighted by Crippen LogP contribution is -2.17. The molecule has 1 aromatic carbocycles. The largest absolute Gasteiger partial charge is 0.492 e. The Hall–Kier alpha value is -1.16. The van der Waals surface area contributed by atoms with Crippen LogP contribution in [0.2, 0.25) is 0 Å². The number of nitrogens with zero attached hydrogens (tertiary/aromatic N) is 1. The number of hydrogen-bond acceptors (Lipinski definition) is 4. The molecular weight excluding hydrogens is 282 g/mol. The Bertz CT molecular complexity index is 512. The van der Waals surface area contributed by atoms with Gasteiger partial charge in [0.1, 0.15) is 12.4 Å². The Kier molecular flexibility index (Phi) is 5.57. The van der Waals surface area contributed by atoms with E-state index in [2.05, 4.69) is 50.2 Å². The zero-order valence-electron chi connectivity index (χ0n) is 13.4. The number of unbranched alkanes of at least 4 members (excludes halogenated alkanes) is 2. The Morgan fingerprint density at radius 1 is 1.33 bits per heavy atom. The van der Waals surface area contributed by atoms with Crippen LogP contribution in [-0.4, -0.2) is 30.9 Å². The monoisotopic (exact) mass is 307 g/mol. The fourth-order valence-electron chi connectivity index (χ4n) is 2.19. The fraction of sp³-hybridized carbons (Fsp3) is 0.588. The van der Waals surface area contributed by atoms with Crippen molar-refractivity contribution in [3.05, 3.63) is 23.8 Å². The Balaban J connectivity index is 2.14. The topological polar surface area (TPSA) is 30.8 Å². The van der Waals surface area contributed by atoms with Gasteiger partial charge in [-0.25, -0.2) is 4.99 Å². The number of thioether (sulfide) groups is 1. The summed E-state index contributed by atoms with van der Waals surface area (Å²) < 4.78 is 11.7. The summed E-state index contributed by atoms with van der Waals surface area (Å²) >= 11 is 1.70. The third-order valence-electron chi connectivity index (χ3n) is 3.38. The summed E-state index contributed by atoms with van der Waals surface area (Å²) in [6.45, 7) is 7.77. The summed E-state index contributed by atoms with van der Waals surface area (Å²) in [5.74, 6) is 1.66. The van der Waals surface area contributed by atoms with Gasteiger partial charge in [0, 0.05) is 10.5 Å². The lowest BCUT2D eigenvalue weighted by molar-refractivity contribution is 0.279. The molecule has 0 aliphatic carbocycles. The maximum atomic E-state index is 5.95. The highest BCUT2D eigenvalue weighted by Crippen LogP contribution is 2.30. The van der Waals surface area contributed by atoms with Crippen molar-refractivity contribution in [3.8, 4) is 5.75 Å². The van der Waals surface area contributed by atoms with E-state index < -0.39 is 0 Å². The van der Waals surface area contributed by atoms with Gasteiger partial charge >= 0.3 is 0 Å². The Morgan fingerprint density at radius 2 is 2.14 bits per heavy atom. The number of benzene rings is 1. The molecule has 1 heterocycles. The van der Waals surface area contributed by atoms with Crippen LogP contribution in [0.15, 0.2) is 28.1 Å². The van der Waals surface area contributed by atoms with Crippen LogP contribution in [0, 0.1) is 0 Å². The van der Waals surface area contributed by atoms with Gasteiger partial charge in [-0.1, -0.05) is 19.8 Å². The SMILES string of the molecule is CCCCCOc1cc(C2=NC(C)(C)CO2)ccc1SC. The van der Waals surface area contributed by atoms with Gasteiger partial charge in [0.15, 0.2) is 0 Å². The number of hydrogen-bond donors (Lipinski definition) is 0. The van der Waals surface area contributed by atoms with Crippen molar-refractivity contribution < 1.29 is 9.47 Å². The average molecular weight is 307 g/mol. The highest BCUT2D eigenvalue weighted by Gasteiger charge is 2.27. The van der Waals surface area contributed by atoms with E-state index in [0.29, 0.717) is 6.61 Å². The Morgan fingerprint density at radius 3 is 2.76 bits per heavy atom. The number of ether oxygens (including phenoxy) is 2. The lowest BCUT2D eigenvalue weighted by atomic mass is 10.1. The molecule has 1 aliphatic rings. The molecule has 116 valence electrons. The van der Waals surface area contributed by atoms with E-state index in [4.69, 9.17) is 9.47 Å². The van der Waals surface area contributed by atoms with Crippen molar-refractivity contribution in [3.63, 3.8) is 0 Å². The molecule has 0 radical (unpaired) electrons. The van der Waals surface area contributed by atoms with Crippen LogP contribution in [0.3, 0.4) is 0 Å². The summed E-state index contributed by atoms with van der Waals surface area (Å²) in [6.07, 6.45) is 5.58. The van der Waals surface area contributed by atoms with Gasteiger partial charge in [-0.05, 0) is 44.7 Å². The van der Waals surface area contributed by atoms with Crippen LogP contribution in [0.5, 0.6) is 5.75 Å². The molecule has 2 rings (SSSR count). The van der Waals surface area contributed by atoms with Crippen LogP contribution in [0.25, 0.3) is 0 Å². The summed E-state index contributed by atoms with van der Waals surface area (Å²) in [5.41, 5.74) is 0.874. The third kappa shape index (κ3) is 4.40. The molecule has 1 aliphatic heterocycles. The molecule has 3 nitrogen and oxygen atoms in total. The van der Waals surface area contributed by atoms with Crippen molar-refractivity contribution >= 4 is 17.7 Å². The number of rotatable bonds is 7. The van der Waals surface area contributed by atoms with Gasteiger partial charge in [0.2, 0.25) is 5.90 Å². The van der Waals surface area contributed by atoms with Crippen molar-refractivity contribution in [1.82, 2.24) is 0 Å². The van der Waals surface area contributed by atoms with Crippen LogP contribution >= 0.6 is 11.8 Å². The molecule has 0 saturated carbocycles. The molecule has 0 aromatic heterocycles. The molecule has 0 spiro atoms. The lowest BCUT2D eigenvalue weighted by Gasteiger charge is -2.11. The minimum Gasteiger partial charge on any atom is -0.492 e. The molecule has 0 saturated heterocycles. The van der Waals surface area contributed by atoms with Crippen LogP contribution in [0.4, 0.5) is 0 Å². The van der Waals surface area contributed by atoms with Gasteiger partial charge in [-0.2, -0.15) is 0 Å². The van der Waals surface area contributed by atoms with Crippen molar-refractivity contribution in [2.75, 3.05) is 19.5 Å². The van der Waals surface area contributed by atoms with Gasteiger partial charge in [0.25, 0.3) is 0 Å². The molecule has 4 heteroatoms. The molecule has 0 amide bonds. The predicted octanol–water partition coefficient (Wildman–Crippen LogP) is 4.53. The van der Waals surface area contributed by atoms with E-state index in [1.165, 1.54) is 12.8 Å². The smallest absolute Gasteiger partial charge is 0.216 e. The highest BCUT2D eigenvalue weighted by atomic mass is 32.2. The van der Waals surface area contributed by atoms with E-state index in [1.807, 2.05) is 0 Å². The van der Waals surface area contributed by atoms with E-state index in [1.54, 1.807) is 11.8 Å². The van der Waals surface area contributed by atoms with Crippen LogP contribution in [-0.2, 0) is 4.74 Å². The molecule has 21 heavy (non-hydrogen) atoms. The first-order valence-corrected chi connectivity index (χ1v) is 8.82. The second-order valence-electron chi connectivity index (χ2n) is 5.94. The third-order valence-corrected chi connectivity index (χ3v) is 4.16. The minimum absolute atomic E-state index is 0.129. The first-order valence-electron chi connectivity index (χ1n) is 7.59. The molecule has 0 N–H and O–H groups in total. The molecule has 1 aromatic rings. The van der Waals surface area contributed by atoms with Gasteiger partial charge in [-0.3, -0.25) is 0 Å². The van der Waals surface area contributed by atoms with Gasteiger partial charge in [-0.15, -0.1) is 11.8 Å². The van der Waals surface area contributed by atoms with Crippen LogP contribution < -0.4 is 4.74 Å². The van der Waals surface area contributed by atoms with Crippen molar-refractivity contribution in [1.29, 1.82) is 0 Å². The minimum atomic E-state index is -0.129. The maximum absolute atomic E-state index is 5.95. The standard InChI is InChI=1S/C17H25NO2S/c1-5-6-7-10-19-14-11-13(8-9-15(14)21-4)16-18-17(2,3)12-20-16/h8-9,11H,5-7,10,12H2,1-4H3. The average Bonchev–Trinajstić information content (AvgIpc) is 2.83. The predicted molar refractivity (Wildman–Crippen MR) is 89.8 cm³/mol. The fourth-order valence-corrected chi connectivity index (χ4v) is 2.71. The first-order chi connectivity index (χ1) is 10.1. The van der Waals surface area contributed by atoms with Crippen molar-refractivity contribution in [2.45, 2.75) is 50.5 Å². The number of aliphatic imine (C=N–C) groups is 1. The van der Waals surface area contributed by atoms with E-state index in [-0.39, 0.29) is 5.54 Å². The molecule has 0 fully saturated rings. The summed E-state index contributed by atoms with van der Waals surface area (Å²) in [5, 5.41) is 0. The Labute approximate surface area is 132 Å². The summed E-state index contributed by atoms with van der Waals surface area (Å²) in [6, 6.07) is 6.20. The van der Waals surface area contributed by atoms with E-state index >= 15 is 0 Å².